The molecule has 0 unspecified atom stereocenters. The van der Waals surface area contributed by atoms with Gasteiger partial charge in [0.05, 0.1) is 12.4 Å². The van der Waals surface area contributed by atoms with Crippen LogP contribution in [0.3, 0.4) is 0 Å². The van der Waals surface area contributed by atoms with Crippen molar-refractivity contribution in [2.24, 2.45) is 0 Å². The lowest BCUT2D eigenvalue weighted by Gasteiger charge is -2.22. The first-order valence-electron chi connectivity index (χ1n) is 5.84. The molecule has 0 aromatic carbocycles. The van der Waals surface area contributed by atoms with Crippen molar-refractivity contribution in [2.45, 2.75) is 18.9 Å². The maximum absolute atomic E-state index is 11.9. The number of hydrogen-bond acceptors (Lipinski definition) is 5. The summed E-state index contributed by atoms with van der Waals surface area (Å²) in [6.45, 7) is 0. The summed E-state index contributed by atoms with van der Waals surface area (Å²) in [7, 11) is 1.01. The predicted molar refractivity (Wildman–Crippen MR) is 69.9 cm³/mol. The third-order valence-electron chi connectivity index (χ3n) is 2.85. The number of rotatable bonds is 3. The molecule has 1 amide bonds. The van der Waals surface area contributed by atoms with E-state index >= 15 is 0 Å². The minimum atomic E-state index is -0.715. The molecule has 7 heteroatoms. The van der Waals surface area contributed by atoms with Crippen molar-refractivity contribution >= 4 is 22.5 Å². The summed E-state index contributed by atoms with van der Waals surface area (Å²) in [4.78, 5) is 20.0. The fourth-order valence-corrected chi connectivity index (χ4v) is 3.09. The maximum Gasteiger partial charge on any atom is 0.271 e. The molecular formula is C11H16N4O2S. The molecule has 1 aromatic heterocycles. The fraction of sp³-hybridized carbons (Fsp3) is 0.545. The Labute approximate surface area is 108 Å². The first-order chi connectivity index (χ1) is 8.69. The summed E-state index contributed by atoms with van der Waals surface area (Å²) in [5, 5.41) is 5.74. The second-order valence-electron chi connectivity index (χ2n) is 4.14. The molecule has 0 aliphatic carbocycles. The molecule has 6 nitrogen and oxygen atoms in total. The molecule has 0 spiro atoms. The Bertz CT molecular complexity index is 456. The van der Waals surface area contributed by atoms with Gasteiger partial charge in [-0.05, 0) is 12.8 Å². The van der Waals surface area contributed by atoms with Crippen LogP contribution in [0.5, 0.6) is 0 Å². The van der Waals surface area contributed by atoms with Gasteiger partial charge < -0.3 is 10.6 Å². The van der Waals surface area contributed by atoms with Crippen molar-refractivity contribution in [3.63, 3.8) is 0 Å². The summed E-state index contributed by atoms with van der Waals surface area (Å²) < 4.78 is 11.2. The highest BCUT2D eigenvalue weighted by Gasteiger charge is 2.20. The molecule has 18 heavy (non-hydrogen) atoms. The molecule has 2 rings (SSSR count). The second-order valence-corrected chi connectivity index (χ2v) is 5.83. The van der Waals surface area contributed by atoms with Gasteiger partial charge in [-0.2, -0.15) is 0 Å². The summed E-state index contributed by atoms with van der Waals surface area (Å²) in [5.74, 6) is 1.66. The van der Waals surface area contributed by atoms with Crippen molar-refractivity contribution in [2.75, 3.05) is 23.9 Å². The Morgan fingerprint density at radius 1 is 1.39 bits per heavy atom. The van der Waals surface area contributed by atoms with Gasteiger partial charge in [0.1, 0.15) is 11.5 Å². The van der Waals surface area contributed by atoms with Crippen LogP contribution in [-0.4, -0.2) is 44.7 Å². The molecule has 0 atom stereocenters. The third kappa shape index (κ3) is 3.25. The summed E-state index contributed by atoms with van der Waals surface area (Å²) in [6, 6.07) is 0.0928. The van der Waals surface area contributed by atoms with E-state index in [-0.39, 0.29) is 11.9 Å². The molecule has 0 saturated carbocycles. The number of amides is 1. The fourth-order valence-electron chi connectivity index (χ4n) is 1.79. The Morgan fingerprint density at radius 3 is 2.78 bits per heavy atom. The minimum Gasteiger partial charge on any atom is -0.372 e. The van der Waals surface area contributed by atoms with Crippen molar-refractivity contribution in [3.8, 4) is 0 Å². The number of aromatic nitrogens is 2. The molecule has 1 aliphatic rings. The maximum atomic E-state index is 11.9. The van der Waals surface area contributed by atoms with Gasteiger partial charge in [0.15, 0.2) is 0 Å². The van der Waals surface area contributed by atoms with Gasteiger partial charge in [-0.3, -0.25) is 14.0 Å². The Morgan fingerprint density at radius 2 is 2.11 bits per heavy atom. The Balaban J connectivity index is 1.96. The van der Waals surface area contributed by atoms with Crippen LogP contribution in [0.2, 0.25) is 0 Å². The van der Waals surface area contributed by atoms with Crippen LogP contribution in [0, 0.1) is 0 Å². The van der Waals surface area contributed by atoms with Crippen molar-refractivity contribution in [3.05, 3.63) is 18.1 Å². The summed E-state index contributed by atoms with van der Waals surface area (Å²) in [5.41, 5.74) is 0.300. The van der Waals surface area contributed by atoms with E-state index in [1.807, 2.05) is 0 Å². The van der Waals surface area contributed by atoms with Gasteiger partial charge >= 0.3 is 0 Å². The lowest BCUT2D eigenvalue weighted by atomic mass is 10.1. The Hall–Kier alpha value is -1.50. The zero-order chi connectivity index (χ0) is 13.0. The van der Waals surface area contributed by atoms with Gasteiger partial charge in [0.25, 0.3) is 5.91 Å². The van der Waals surface area contributed by atoms with Crippen LogP contribution < -0.4 is 10.6 Å². The molecular weight excluding hydrogens is 252 g/mol. The molecule has 0 bridgehead atoms. The predicted octanol–water partition coefficient (Wildman–Crippen LogP) is 0.159. The topological polar surface area (TPSA) is 84.0 Å². The molecule has 2 heterocycles. The number of nitrogens with one attached hydrogen (secondary N) is 2. The lowest BCUT2D eigenvalue weighted by Crippen LogP contribution is -2.39. The molecule has 1 aromatic rings. The SMILES string of the molecule is CNc1cncc(C(=O)NC2CCS(=O)CC2)n1. The first-order valence-corrected chi connectivity index (χ1v) is 7.33. The number of nitrogens with zero attached hydrogens (tertiary/aromatic N) is 2. The van der Waals surface area contributed by atoms with E-state index in [1.54, 1.807) is 13.2 Å². The zero-order valence-corrected chi connectivity index (χ0v) is 11.0. The van der Waals surface area contributed by atoms with Crippen LogP contribution in [0.4, 0.5) is 5.82 Å². The van der Waals surface area contributed by atoms with Gasteiger partial charge in [0, 0.05) is 35.4 Å². The number of hydrogen-bond donors (Lipinski definition) is 2. The minimum absolute atomic E-state index is 0.0928. The van der Waals surface area contributed by atoms with E-state index in [0.717, 1.165) is 12.8 Å². The van der Waals surface area contributed by atoms with E-state index < -0.39 is 10.8 Å². The van der Waals surface area contributed by atoms with Gasteiger partial charge in [-0.1, -0.05) is 0 Å². The average molecular weight is 268 g/mol. The van der Waals surface area contributed by atoms with Crippen LogP contribution in [-0.2, 0) is 10.8 Å². The molecule has 1 saturated heterocycles. The highest BCUT2D eigenvalue weighted by atomic mass is 32.2. The van der Waals surface area contributed by atoms with E-state index in [1.165, 1.54) is 6.20 Å². The smallest absolute Gasteiger partial charge is 0.271 e. The Kier molecular flexibility index (Phi) is 4.24. The van der Waals surface area contributed by atoms with Crippen LogP contribution in [0.15, 0.2) is 12.4 Å². The number of carbonyl (C=O) groups excluding carboxylic acids is 1. The monoisotopic (exact) mass is 268 g/mol. The molecule has 1 fully saturated rings. The number of anilines is 1. The first kappa shape index (κ1) is 12.9. The van der Waals surface area contributed by atoms with Crippen molar-refractivity contribution in [1.29, 1.82) is 0 Å². The van der Waals surface area contributed by atoms with E-state index in [0.29, 0.717) is 23.0 Å². The van der Waals surface area contributed by atoms with E-state index in [2.05, 4.69) is 20.6 Å². The van der Waals surface area contributed by atoms with Crippen molar-refractivity contribution in [1.82, 2.24) is 15.3 Å². The largest absolute Gasteiger partial charge is 0.372 e. The lowest BCUT2D eigenvalue weighted by molar-refractivity contribution is 0.0929. The standard InChI is InChI=1S/C11H16N4O2S/c1-12-10-7-13-6-9(15-10)11(16)14-8-2-4-18(17)5-3-8/h6-8H,2-5H2,1H3,(H,12,15)(H,14,16). The van der Waals surface area contributed by atoms with Crippen LogP contribution in [0.1, 0.15) is 23.3 Å². The highest BCUT2D eigenvalue weighted by Crippen LogP contribution is 2.10. The molecule has 1 aliphatic heterocycles. The van der Waals surface area contributed by atoms with Crippen LogP contribution >= 0.6 is 0 Å². The second kappa shape index (κ2) is 5.90. The zero-order valence-electron chi connectivity index (χ0n) is 10.2. The van der Waals surface area contributed by atoms with Gasteiger partial charge in [0.2, 0.25) is 0 Å². The summed E-state index contributed by atoms with van der Waals surface area (Å²) >= 11 is 0. The van der Waals surface area contributed by atoms with Crippen LogP contribution in [0.25, 0.3) is 0 Å². The van der Waals surface area contributed by atoms with Gasteiger partial charge in [-0.15, -0.1) is 0 Å². The molecule has 2 N–H and O–H groups in total. The van der Waals surface area contributed by atoms with E-state index in [4.69, 9.17) is 0 Å². The molecule has 0 radical (unpaired) electrons. The third-order valence-corrected chi connectivity index (χ3v) is 4.23. The highest BCUT2D eigenvalue weighted by molar-refractivity contribution is 7.85. The van der Waals surface area contributed by atoms with Crippen molar-refractivity contribution < 1.29 is 9.00 Å². The summed E-state index contributed by atoms with van der Waals surface area (Å²) in [6.07, 6.45) is 4.52. The van der Waals surface area contributed by atoms with Gasteiger partial charge in [-0.25, -0.2) is 4.98 Å². The number of carbonyl (C=O) groups is 1. The normalized spacial score (nSPS) is 23.4. The molecule has 98 valence electrons. The van der Waals surface area contributed by atoms with E-state index in [9.17, 15) is 9.00 Å². The quantitative estimate of drug-likeness (QED) is 0.816. The average Bonchev–Trinajstić information content (AvgIpc) is 2.41.